The van der Waals surface area contributed by atoms with Crippen molar-refractivity contribution in [3.8, 4) is 0 Å². The highest BCUT2D eigenvalue weighted by molar-refractivity contribution is 6.35. The van der Waals surface area contributed by atoms with Crippen LogP contribution in [0.25, 0.3) is 0 Å². The van der Waals surface area contributed by atoms with Gasteiger partial charge in [0.1, 0.15) is 6.61 Å². The van der Waals surface area contributed by atoms with Crippen molar-refractivity contribution in [3.63, 3.8) is 0 Å². The fourth-order valence-corrected chi connectivity index (χ4v) is 2.85. The fraction of sp³-hybridized carbons (Fsp3) is 0.500. The van der Waals surface area contributed by atoms with E-state index in [4.69, 9.17) is 33.0 Å². The second-order valence-electron chi connectivity index (χ2n) is 4.88. The van der Waals surface area contributed by atoms with Gasteiger partial charge in [-0.25, -0.2) is 4.79 Å². The summed E-state index contributed by atoms with van der Waals surface area (Å²) in [6.07, 6.45) is 1.69. The van der Waals surface area contributed by atoms with Crippen molar-refractivity contribution in [3.05, 3.63) is 33.8 Å². The fourth-order valence-electron chi connectivity index (χ4n) is 2.33. The maximum absolute atomic E-state index is 10.5. The van der Waals surface area contributed by atoms with E-state index in [1.54, 1.807) is 0 Å². The quantitative estimate of drug-likeness (QED) is 0.906. The number of halogens is 2. The lowest BCUT2D eigenvalue weighted by Crippen LogP contribution is -2.37. The van der Waals surface area contributed by atoms with Gasteiger partial charge in [-0.3, -0.25) is 4.90 Å². The first kappa shape index (κ1) is 15.6. The lowest BCUT2D eigenvalue weighted by Gasteiger charge is -2.32. The van der Waals surface area contributed by atoms with Crippen molar-refractivity contribution in [1.29, 1.82) is 0 Å². The van der Waals surface area contributed by atoms with Gasteiger partial charge in [0.05, 0.1) is 6.10 Å². The van der Waals surface area contributed by atoms with Crippen molar-refractivity contribution < 1.29 is 14.6 Å². The Bertz CT molecular complexity index is 453. The van der Waals surface area contributed by atoms with Gasteiger partial charge in [-0.2, -0.15) is 0 Å². The van der Waals surface area contributed by atoms with E-state index in [0.29, 0.717) is 16.6 Å². The Kier molecular flexibility index (Phi) is 5.66. The number of carboxylic acids is 1. The first-order valence-corrected chi connectivity index (χ1v) is 7.30. The molecule has 20 heavy (non-hydrogen) atoms. The standard InChI is InChI=1S/C14H17Cl2NO3/c15-12-2-1-3-13(16)11(12)8-17-6-4-10(5-7-17)20-9-14(18)19/h1-3,10H,4-9H2,(H,18,19). The molecule has 2 rings (SSSR count). The minimum absolute atomic E-state index is 0.0315. The van der Waals surface area contributed by atoms with Gasteiger partial charge in [0.2, 0.25) is 0 Å². The predicted molar refractivity (Wildman–Crippen MR) is 78.3 cm³/mol. The maximum Gasteiger partial charge on any atom is 0.329 e. The Morgan fingerprint density at radius 3 is 2.45 bits per heavy atom. The highest BCUT2D eigenvalue weighted by Crippen LogP contribution is 2.27. The molecule has 0 aromatic heterocycles. The molecule has 1 aromatic carbocycles. The number of benzene rings is 1. The second kappa shape index (κ2) is 7.27. The Morgan fingerprint density at radius 2 is 1.90 bits per heavy atom. The molecule has 4 nitrogen and oxygen atoms in total. The molecule has 0 atom stereocenters. The number of hydrogen-bond acceptors (Lipinski definition) is 3. The van der Waals surface area contributed by atoms with Crippen molar-refractivity contribution >= 4 is 29.2 Å². The van der Waals surface area contributed by atoms with Gasteiger partial charge in [0.15, 0.2) is 0 Å². The van der Waals surface area contributed by atoms with E-state index in [9.17, 15) is 4.79 Å². The molecule has 1 aromatic rings. The average molecular weight is 318 g/mol. The van der Waals surface area contributed by atoms with Gasteiger partial charge in [-0.1, -0.05) is 29.3 Å². The molecule has 110 valence electrons. The average Bonchev–Trinajstić information content (AvgIpc) is 2.42. The third-order valence-electron chi connectivity index (χ3n) is 3.42. The van der Waals surface area contributed by atoms with Crippen molar-refractivity contribution in [2.24, 2.45) is 0 Å². The van der Waals surface area contributed by atoms with Crippen LogP contribution in [0.4, 0.5) is 0 Å². The van der Waals surface area contributed by atoms with Crippen molar-refractivity contribution in [2.45, 2.75) is 25.5 Å². The zero-order valence-electron chi connectivity index (χ0n) is 11.0. The summed E-state index contributed by atoms with van der Waals surface area (Å²) in [4.78, 5) is 12.7. The van der Waals surface area contributed by atoms with Crippen LogP contribution in [0.2, 0.25) is 10.0 Å². The van der Waals surface area contributed by atoms with Crippen LogP contribution in [0.1, 0.15) is 18.4 Å². The minimum Gasteiger partial charge on any atom is -0.480 e. The highest BCUT2D eigenvalue weighted by atomic mass is 35.5. The van der Waals surface area contributed by atoms with E-state index in [-0.39, 0.29) is 12.7 Å². The van der Waals surface area contributed by atoms with Gasteiger partial charge in [-0.15, -0.1) is 0 Å². The molecule has 1 heterocycles. The van der Waals surface area contributed by atoms with Gasteiger partial charge in [0.25, 0.3) is 0 Å². The SMILES string of the molecule is O=C(O)COC1CCN(Cc2c(Cl)cccc2Cl)CC1. The number of aliphatic carboxylic acids is 1. The molecule has 1 aliphatic rings. The van der Waals surface area contributed by atoms with E-state index in [0.717, 1.165) is 31.5 Å². The molecule has 1 saturated heterocycles. The van der Waals surface area contributed by atoms with Crippen LogP contribution in [0.15, 0.2) is 18.2 Å². The third kappa shape index (κ3) is 4.35. The largest absolute Gasteiger partial charge is 0.480 e. The molecule has 1 N–H and O–H groups in total. The highest BCUT2D eigenvalue weighted by Gasteiger charge is 2.21. The van der Waals surface area contributed by atoms with E-state index >= 15 is 0 Å². The summed E-state index contributed by atoms with van der Waals surface area (Å²) < 4.78 is 5.31. The maximum atomic E-state index is 10.5. The van der Waals surface area contributed by atoms with Crippen LogP contribution >= 0.6 is 23.2 Å². The van der Waals surface area contributed by atoms with Crippen LogP contribution in [-0.2, 0) is 16.1 Å². The van der Waals surface area contributed by atoms with E-state index in [1.807, 2.05) is 18.2 Å². The molecular weight excluding hydrogens is 301 g/mol. The molecule has 0 spiro atoms. The van der Waals surface area contributed by atoms with E-state index < -0.39 is 5.97 Å². The summed E-state index contributed by atoms with van der Waals surface area (Å²) in [5.41, 5.74) is 0.945. The molecule has 1 aliphatic heterocycles. The van der Waals surface area contributed by atoms with Crippen molar-refractivity contribution in [1.82, 2.24) is 4.90 Å². The first-order valence-electron chi connectivity index (χ1n) is 6.55. The number of nitrogens with zero attached hydrogens (tertiary/aromatic N) is 1. The number of rotatable bonds is 5. The van der Waals surface area contributed by atoms with Crippen LogP contribution < -0.4 is 0 Å². The Labute approximate surface area is 128 Å². The normalized spacial score (nSPS) is 17.3. The molecular formula is C14H17Cl2NO3. The second-order valence-corrected chi connectivity index (χ2v) is 5.69. The van der Waals surface area contributed by atoms with E-state index in [2.05, 4.69) is 4.90 Å². The zero-order chi connectivity index (χ0) is 14.5. The number of ether oxygens (including phenoxy) is 1. The van der Waals surface area contributed by atoms with Crippen molar-refractivity contribution in [2.75, 3.05) is 19.7 Å². The summed E-state index contributed by atoms with van der Waals surface area (Å²) in [6, 6.07) is 5.51. The summed E-state index contributed by atoms with van der Waals surface area (Å²) >= 11 is 12.3. The van der Waals surface area contributed by atoms with Crippen LogP contribution in [0.3, 0.4) is 0 Å². The molecule has 0 aliphatic carbocycles. The lowest BCUT2D eigenvalue weighted by atomic mass is 10.1. The Morgan fingerprint density at radius 1 is 1.30 bits per heavy atom. The number of piperidine rings is 1. The minimum atomic E-state index is -0.921. The first-order chi connectivity index (χ1) is 9.56. The molecule has 0 radical (unpaired) electrons. The summed E-state index contributed by atoms with van der Waals surface area (Å²) in [6.45, 7) is 2.20. The summed E-state index contributed by atoms with van der Waals surface area (Å²) in [5.74, 6) is -0.921. The molecule has 0 saturated carbocycles. The Hall–Kier alpha value is -0.810. The summed E-state index contributed by atoms with van der Waals surface area (Å²) in [5, 5.41) is 9.95. The molecule has 0 unspecified atom stereocenters. The van der Waals surface area contributed by atoms with Gasteiger partial charge < -0.3 is 9.84 Å². The molecule has 1 fully saturated rings. The number of carbonyl (C=O) groups is 1. The molecule has 6 heteroatoms. The Balaban J connectivity index is 1.84. The monoisotopic (exact) mass is 317 g/mol. The molecule has 0 bridgehead atoms. The van der Waals surface area contributed by atoms with Crippen LogP contribution in [0.5, 0.6) is 0 Å². The van der Waals surface area contributed by atoms with Gasteiger partial charge in [-0.05, 0) is 25.0 Å². The van der Waals surface area contributed by atoms with Crippen LogP contribution in [0, 0.1) is 0 Å². The molecule has 0 amide bonds. The predicted octanol–water partition coefficient (Wildman–Crippen LogP) is 3.06. The van der Waals surface area contributed by atoms with Gasteiger partial charge >= 0.3 is 5.97 Å². The number of carboxylic acid groups (broad SMARTS) is 1. The van der Waals surface area contributed by atoms with E-state index in [1.165, 1.54) is 0 Å². The van der Waals surface area contributed by atoms with Gasteiger partial charge in [0, 0.05) is 35.2 Å². The number of hydrogen-bond donors (Lipinski definition) is 1. The van der Waals surface area contributed by atoms with Crippen LogP contribution in [-0.4, -0.2) is 41.8 Å². The smallest absolute Gasteiger partial charge is 0.329 e. The topological polar surface area (TPSA) is 49.8 Å². The third-order valence-corrected chi connectivity index (χ3v) is 4.13. The number of likely N-dealkylation sites (tertiary alicyclic amines) is 1. The lowest BCUT2D eigenvalue weighted by molar-refractivity contribution is -0.145. The zero-order valence-corrected chi connectivity index (χ0v) is 12.5. The summed E-state index contributed by atoms with van der Waals surface area (Å²) in [7, 11) is 0.